The molecule has 0 radical (unpaired) electrons. The Bertz CT molecular complexity index is 498. The number of rotatable bonds is 5. The summed E-state index contributed by atoms with van der Waals surface area (Å²) in [4.78, 5) is 25.0. The van der Waals surface area contributed by atoms with E-state index in [0.717, 1.165) is 5.69 Å². The molecule has 0 aliphatic heterocycles. The minimum Gasteiger partial charge on any atom is -0.478 e. The average Bonchev–Trinajstić information content (AvgIpc) is 2.45. The van der Waals surface area contributed by atoms with Crippen LogP contribution in [0.15, 0.2) is 18.2 Å². The summed E-state index contributed by atoms with van der Waals surface area (Å²) in [7, 11) is 6.29. The summed E-state index contributed by atoms with van der Waals surface area (Å²) >= 11 is 0. The molecule has 1 aromatic rings. The molecule has 0 aliphatic carbocycles. The second-order valence-electron chi connectivity index (χ2n) is 4.35. The van der Waals surface area contributed by atoms with Crippen LogP contribution in [0.2, 0.25) is 0 Å². The zero-order valence-corrected chi connectivity index (χ0v) is 12.3. The van der Waals surface area contributed by atoms with Gasteiger partial charge < -0.3 is 19.1 Å². The van der Waals surface area contributed by atoms with Gasteiger partial charge in [-0.3, -0.25) is 0 Å². The summed E-state index contributed by atoms with van der Waals surface area (Å²) < 4.78 is 14.8. The topological polar surface area (TPSA) is 65.1 Å². The first-order chi connectivity index (χ1) is 9.40. The summed E-state index contributed by atoms with van der Waals surface area (Å²) in [6.07, 6.45) is -0.819. The van der Waals surface area contributed by atoms with Crippen LogP contribution in [0.1, 0.15) is 17.3 Å². The van der Waals surface area contributed by atoms with Crippen molar-refractivity contribution in [3.63, 3.8) is 0 Å². The van der Waals surface area contributed by atoms with Crippen molar-refractivity contribution in [3.8, 4) is 5.75 Å². The number of benzene rings is 1. The molecule has 0 spiro atoms. The molecule has 1 rings (SSSR count). The van der Waals surface area contributed by atoms with Gasteiger partial charge in [0.1, 0.15) is 11.3 Å². The minimum atomic E-state index is -0.819. The van der Waals surface area contributed by atoms with Gasteiger partial charge in [0.05, 0.1) is 14.2 Å². The van der Waals surface area contributed by atoms with Gasteiger partial charge in [-0.25, -0.2) is 9.59 Å². The first kappa shape index (κ1) is 15.8. The zero-order valence-electron chi connectivity index (χ0n) is 12.3. The number of hydrogen-bond acceptors (Lipinski definition) is 6. The molecule has 0 fully saturated rings. The van der Waals surface area contributed by atoms with Crippen molar-refractivity contribution in [1.82, 2.24) is 0 Å². The van der Waals surface area contributed by atoms with Gasteiger partial charge in [0.25, 0.3) is 0 Å². The highest BCUT2D eigenvalue weighted by Crippen LogP contribution is 2.26. The predicted octanol–water partition coefficient (Wildman–Crippen LogP) is 1.48. The fourth-order valence-corrected chi connectivity index (χ4v) is 1.57. The molecule has 20 heavy (non-hydrogen) atoms. The summed E-state index contributed by atoms with van der Waals surface area (Å²) in [5.74, 6) is -0.764. The van der Waals surface area contributed by atoms with Crippen molar-refractivity contribution in [1.29, 1.82) is 0 Å². The van der Waals surface area contributed by atoms with Crippen LogP contribution in [-0.2, 0) is 14.3 Å². The van der Waals surface area contributed by atoms with E-state index in [9.17, 15) is 9.59 Å². The van der Waals surface area contributed by atoms with Crippen LogP contribution in [0, 0.1) is 0 Å². The van der Waals surface area contributed by atoms with E-state index in [2.05, 4.69) is 4.74 Å². The lowest BCUT2D eigenvalue weighted by Gasteiger charge is -2.18. The molecule has 0 N–H and O–H groups in total. The Balaban J connectivity index is 3.14. The molecule has 0 aliphatic rings. The molecule has 0 aromatic heterocycles. The van der Waals surface area contributed by atoms with Crippen LogP contribution >= 0.6 is 0 Å². The van der Waals surface area contributed by atoms with Crippen LogP contribution in [0.25, 0.3) is 0 Å². The van der Waals surface area contributed by atoms with E-state index in [1.807, 2.05) is 19.0 Å². The maximum Gasteiger partial charge on any atom is 0.346 e. The molecule has 0 saturated carbocycles. The molecule has 6 nitrogen and oxygen atoms in total. The third-order valence-electron chi connectivity index (χ3n) is 2.72. The predicted molar refractivity (Wildman–Crippen MR) is 74.2 cm³/mol. The van der Waals surface area contributed by atoms with E-state index in [0.29, 0.717) is 0 Å². The van der Waals surface area contributed by atoms with Crippen LogP contribution in [0.5, 0.6) is 5.75 Å². The van der Waals surface area contributed by atoms with Gasteiger partial charge in [-0.2, -0.15) is 0 Å². The maximum absolute atomic E-state index is 11.7. The third kappa shape index (κ3) is 3.63. The van der Waals surface area contributed by atoms with E-state index in [-0.39, 0.29) is 11.3 Å². The van der Waals surface area contributed by atoms with Crippen LogP contribution in [0.3, 0.4) is 0 Å². The quantitative estimate of drug-likeness (QED) is 0.762. The molecular formula is C14H19NO5. The van der Waals surface area contributed by atoms with Gasteiger partial charge in [-0.15, -0.1) is 0 Å². The molecule has 1 aromatic carbocycles. The first-order valence-electron chi connectivity index (χ1n) is 6.04. The molecule has 0 heterocycles. The summed E-state index contributed by atoms with van der Waals surface area (Å²) in [6.45, 7) is 1.55. The van der Waals surface area contributed by atoms with Gasteiger partial charge in [0.2, 0.25) is 0 Å². The van der Waals surface area contributed by atoms with E-state index in [1.165, 1.54) is 14.2 Å². The molecule has 6 heteroatoms. The highest BCUT2D eigenvalue weighted by molar-refractivity contribution is 5.93. The molecule has 1 unspecified atom stereocenters. The lowest BCUT2D eigenvalue weighted by atomic mass is 10.1. The first-order valence-corrected chi connectivity index (χ1v) is 6.04. The van der Waals surface area contributed by atoms with Gasteiger partial charge >= 0.3 is 11.9 Å². The Morgan fingerprint density at radius 2 is 1.80 bits per heavy atom. The fourth-order valence-electron chi connectivity index (χ4n) is 1.57. The maximum atomic E-state index is 11.7. The number of nitrogens with zero attached hydrogens (tertiary/aromatic N) is 1. The van der Waals surface area contributed by atoms with Crippen molar-refractivity contribution < 1.29 is 23.8 Å². The number of methoxy groups -OCH3 is 2. The van der Waals surface area contributed by atoms with Gasteiger partial charge in [-0.1, -0.05) is 0 Å². The zero-order chi connectivity index (χ0) is 15.3. The highest BCUT2D eigenvalue weighted by atomic mass is 16.6. The minimum absolute atomic E-state index is 0.258. The number of anilines is 1. The van der Waals surface area contributed by atoms with E-state index in [4.69, 9.17) is 9.47 Å². The van der Waals surface area contributed by atoms with Crippen molar-refractivity contribution in [2.24, 2.45) is 0 Å². The fraction of sp³-hybridized carbons (Fsp3) is 0.429. The molecule has 0 bridgehead atoms. The summed E-state index contributed by atoms with van der Waals surface area (Å²) in [5, 5.41) is 0. The van der Waals surface area contributed by atoms with Gasteiger partial charge in [0, 0.05) is 25.8 Å². The molecule has 1 atom stereocenters. The molecule has 110 valence electrons. The van der Waals surface area contributed by atoms with Crippen molar-refractivity contribution in [3.05, 3.63) is 23.8 Å². The van der Waals surface area contributed by atoms with E-state index < -0.39 is 18.0 Å². The normalized spacial score (nSPS) is 11.4. The van der Waals surface area contributed by atoms with Crippen molar-refractivity contribution >= 4 is 17.6 Å². The van der Waals surface area contributed by atoms with Crippen LogP contribution in [-0.4, -0.2) is 46.4 Å². The lowest BCUT2D eigenvalue weighted by Crippen LogP contribution is -2.26. The number of hydrogen-bond donors (Lipinski definition) is 0. The van der Waals surface area contributed by atoms with Crippen LogP contribution in [0.4, 0.5) is 5.69 Å². The Kier molecular flexibility index (Phi) is 5.37. The molecule has 0 amide bonds. The Morgan fingerprint density at radius 3 is 2.30 bits per heavy atom. The van der Waals surface area contributed by atoms with Gasteiger partial charge in [0.15, 0.2) is 6.10 Å². The number of carbonyl (C=O) groups is 2. The SMILES string of the molecule is COC(=O)c1ccc(N(C)C)cc1OC(C)C(=O)OC. The van der Waals surface area contributed by atoms with Crippen molar-refractivity contribution in [2.45, 2.75) is 13.0 Å². The largest absolute Gasteiger partial charge is 0.478 e. The van der Waals surface area contributed by atoms with Crippen molar-refractivity contribution in [2.75, 3.05) is 33.2 Å². The van der Waals surface area contributed by atoms with Crippen LogP contribution < -0.4 is 9.64 Å². The molecular weight excluding hydrogens is 262 g/mol. The third-order valence-corrected chi connectivity index (χ3v) is 2.72. The second-order valence-corrected chi connectivity index (χ2v) is 4.35. The number of ether oxygens (including phenoxy) is 3. The Hall–Kier alpha value is -2.24. The monoisotopic (exact) mass is 281 g/mol. The lowest BCUT2D eigenvalue weighted by molar-refractivity contribution is -0.147. The highest BCUT2D eigenvalue weighted by Gasteiger charge is 2.20. The van der Waals surface area contributed by atoms with Gasteiger partial charge in [-0.05, 0) is 19.1 Å². The summed E-state index contributed by atoms with van der Waals surface area (Å²) in [6, 6.07) is 5.04. The Labute approximate surface area is 118 Å². The summed E-state index contributed by atoms with van der Waals surface area (Å²) in [5.41, 5.74) is 1.10. The van der Waals surface area contributed by atoms with E-state index in [1.54, 1.807) is 25.1 Å². The Morgan fingerprint density at radius 1 is 1.15 bits per heavy atom. The second kappa shape index (κ2) is 6.79. The van der Waals surface area contributed by atoms with E-state index >= 15 is 0 Å². The standard InChI is InChI=1S/C14H19NO5/c1-9(13(16)18-4)20-12-8-10(15(2)3)6-7-11(12)14(17)19-5/h6-9H,1-5H3. The number of esters is 2. The number of carbonyl (C=O) groups excluding carboxylic acids is 2. The average molecular weight is 281 g/mol. The molecule has 0 saturated heterocycles. The smallest absolute Gasteiger partial charge is 0.346 e.